The molecule has 0 N–H and O–H groups in total. The van der Waals surface area contributed by atoms with E-state index in [2.05, 4.69) is 21.6 Å². The van der Waals surface area contributed by atoms with Gasteiger partial charge >= 0.3 is 5.97 Å². The molecule has 0 aliphatic rings. The van der Waals surface area contributed by atoms with E-state index < -0.39 is 5.97 Å². The number of hydrogen-bond donors (Lipinski definition) is 0. The van der Waals surface area contributed by atoms with Crippen LogP contribution in [0.3, 0.4) is 0 Å². The first-order valence-electron chi connectivity index (χ1n) is 3.87. The van der Waals surface area contributed by atoms with Gasteiger partial charge in [0.2, 0.25) is 0 Å². The fourth-order valence-electron chi connectivity index (χ4n) is 0.810. The normalized spacial score (nSPS) is 8.43. The monoisotopic (exact) mass is 191 g/mol. The van der Waals surface area contributed by atoms with E-state index in [1.807, 2.05) is 0 Å². The average molecular weight is 191 g/mol. The van der Waals surface area contributed by atoms with Crippen LogP contribution in [0.15, 0.2) is 18.3 Å². The molecule has 0 bridgehead atoms. The predicted octanol–water partition coefficient (Wildman–Crippen LogP) is 0.615. The van der Waals surface area contributed by atoms with Crippen molar-refractivity contribution in [2.45, 2.75) is 0 Å². The summed E-state index contributed by atoms with van der Waals surface area (Å²) in [7, 11) is 2.78. The molecular formula is C10H9NO3. The molecule has 4 nitrogen and oxygen atoms in total. The van der Waals surface area contributed by atoms with Crippen LogP contribution < -0.4 is 4.74 Å². The number of pyridine rings is 1. The Morgan fingerprint density at radius 2 is 2.29 bits per heavy atom. The van der Waals surface area contributed by atoms with Gasteiger partial charge in [0.25, 0.3) is 0 Å². The Kier molecular flexibility index (Phi) is 3.50. The highest BCUT2D eigenvalue weighted by Crippen LogP contribution is 2.12. The third kappa shape index (κ3) is 2.49. The highest BCUT2D eigenvalue weighted by molar-refractivity contribution is 5.89. The number of carbonyl (C=O) groups excluding carboxylic acids is 1. The Bertz CT molecular complexity index is 390. The summed E-state index contributed by atoms with van der Waals surface area (Å²) in [5.74, 6) is 4.76. The smallest absolute Gasteiger partial charge is 0.384 e. The van der Waals surface area contributed by atoms with Gasteiger partial charge in [-0.3, -0.25) is 0 Å². The van der Waals surface area contributed by atoms with E-state index in [1.54, 1.807) is 18.3 Å². The van der Waals surface area contributed by atoms with Gasteiger partial charge in [-0.2, -0.15) is 0 Å². The summed E-state index contributed by atoms with van der Waals surface area (Å²) in [4.78, 5) is 14.7. The molecule has 0 saturated carbocycles. The lowest BCUT2D eigenvalue weighted by molar-refractivity contribution is -0.133. The van der Waals surface area contributed by atoms with Gasteiger partial charge in [-0.15, -0.1) is 0 Å². The highest BCUT2D eigenvalue weighted by Gasteiger charge is 1.99. The maximum absolute atomic E-state index is 10.7. The summed E-state index contributed by atoms with van der Waals surface area (Å²) in [6, 6.07) is 3.44. The molecule has 72 valence electrons. The molecule has 0 aromatic carbocycles. The molecule has 0 fully saturated rings. The largest absolute Gasteiger partial charge is 0.494 e. The minimum absolute atomic E-state index is 0.417. The van der Waals surface area contributed by atoms with E-state index in [1.165, 1.54) is 14.2 Å². The molecule has 0 aliphatic heterocycles. The Hall–Kier alpha value is -2.02. The first-order chi connectivity index (χ1) is 6.77. The lowest BCUT2D eigenvalue weighted by Gasteiger charge is -1.99. The van der Waals surface area contributed by atoms with Crippen LogP contribution >= 0.6 is 0 Å². The van der Waals surface area contributed by atoms with Gasteiger partial charge < -0.3 is 9.47 Å². The Morgan fingerprint density at radius 3 is 2.93 bits per heavy atom. The van der Waals surface area contributed by atoms with Crippen molar-refractivity contribution in [2.24, 2.45) is 0 Å². The van der Waals surface area contributed by atoms with Gasteiger partial charge in [0.15, 0.2) is 11.4 Å². The van der Waals surface area contributed by atoms with Crippen LogP contribution in [0.2, 0.25) is 0 Å². The van der Waals surface area contributed by atoms with Gasteiger partial charge in [-0.25, -0.2) is 9.78 Å². The molecule has 1 heterocycles. The van der Waals surface area contributed by atoms with E-state index in [9.17, 15) is 4.79 Å². The van der Waals surface area contributed by atoms with E-state index in [0.717, 1.165) is 0 Å². The molecule has 4 heteroatoms. The van der Waals surface area contributed by atoms with Crippen LogP contribution in [-0.2, 0) is 9.53 Å². The van der Waals surface area contributed by atoms with Crippen molar-refractivity contribution in [1.29, 1.82) is 0 Å². The Labute approximate surface area is 81.9 Å². The van der Waals surface area contributed by atoms with Crippen molar-refractivity contribution in [3.63, 3.8) is 0 Å². The van der Waals surface area contributed by atoms with Crippen LogP contribution in [0.5, 0.6) is 5.75 Å². The maximum Gasteiger partial charge on any atom is 0.384 e. The summed E-state index contributed by atoms with van der Waals surface area (Å²) in [5, 5.41) is 0. The van der Waals surface area contributed by atoms with Crippen LogP contribution in [0, 0.1) is 11.8 Å². The van der Waals surface area contributed by atoms with Crippen molar-refractivity contribution in [1.82, 2.24) is 4.98 Å². The molecule has 0 spiro atoms. The first-order valence-corrected chi connectivity index (χ1v) is 3.87. The number of esters is 1. The van der Waals surface area contributed by atoms with E-state index in [-0.39, 0.29) is 0 Å². The van der Waals surface area contributed by atoms with Crippen molar-refractivity contribution >= 4 is 5.97 Å². The lowest BCUT2D eigenvalue weighted by atomic mass is 10.3. The van der Waals surface area contributed by atoms with E-state index >= 15 is 0 Å². The van der Waals surface area contributed by atoms with Gasteiger partial charge in [0.05, 0.1) is 14.2 Å². The molecule has 0 unspecified atom stereocenters. The number of aromatic nitrogens is 1. The molecule has 1 rings (SSSR count). The minimum Gasteiger partial charge on any atom is -0.494 e. The number of methoxy groups -OCH3 is 2. The third-order valence-electron chi connectivity index (χ3n) is 1.46. The molecule has 0 aliphatic carbocycles. The molecule has 1 aromatic rings. The second-order valence-electron chi connectivity index (χ2n) is 2.30. The SMILES string of the molecule is COC(=O)C#Cc1ncccc1OC. The molecule has 0 amide bonds. The zero-order valence-electron chi connectivity index (χ0n) is 7.90. The van der Waals surface area contributed by atoms with Crippen LogP contribution in [-0.4, -0.2) is 25.2 Å². The first kappa shape index (κ1) is 10.1. The maximum atomic E-state index is 10.7. The summed E-state index contributed by atoms with van der Waals surface area (Å²) >= 11 is 0. The predicted molar refractivity (Wildman–Crippen MR) is 49.7 cm³/mol. The Morgan fingerprint density at radius 1 is 1.50 bits per heavy atom. The van der Waals surface area contributed by atoms with Crippen molar-refractivity contribution in [3.05, 3.63) is 24.0 Å². The summed E-state index contributed by atoms with van der Waals surface area (Å²) in [6.45, 7) is 0. The number of hydrogen-bond acceptors (Lipinski definition) is 4. The van der Waals surface area contributed by atoms with Crippen LogP contribution in [0.1, 0.15) is 5.69 Å². The van der Waals surface area contributed by atoms with Crippen molar-refractivity contribution < 1.29 is 14.3 Å². The fraction of sp³-hybridized carbons (Fsp3) is 0.200. The van der Waals surface area contributed by atoms with Gasteiger partial charge in [0, 0.05) is 12.1 Å². The molecular weight excluding hydrogens is 182 g/mol. The van der Waals surface area contributed by atoms with E-state index in [4.69, 9.17) is 4.74 Å². The zero-order chi connectivity index (χ0) is 10.4. The quantitative estimate of drug-likeness (QED) is 0.482. The minimum atomic E-state index is -0.599. The highest BCUT2D eigenvalue weighted by atomic mass is 16.5. The fourth-order valence-corrected chi connectivity index (χ4v) is 0.810. The second kappa shape index (κ2) is 4.87. The lowest BCUT2D eigenvalue weighted by Crippen LogP contribution is -1.96. The summed E-state index contributed by atoms with van der Waals surface area (Å²) < 4.78 is 9.36. The van der Waals surface area contributed by atoms with Gasteiger partial charge in [-0.05, 0) is 18.1 Å². The van der Waals surface area contributed by atoms with Crippen molar-refractivity contribution in [2.75, 3.05) is 14.2 Å². The molecule has 0 atom stereocenters. The molecule has 0 radical (unpaired) electrons. The number of ether oxygens (including phenoxy) is 2. The number of nitrogens with zero attached hydrogens (tertiary/aromatic N) is 1. The topological polar surface area (TPSA) is 48.4 Å². The van der Waals surface area contributed by atoms with Crippen LogP contribution in [0.4, 0.5) is 0 Å². The standard InChI is InChI=1S/C10H9NO3/c1-13-9-4-3-7-11-8(9)5-6-10(12)14-2/h3-4,7H,1-2H3. The Balaban J connectivity index is 2.94. The summed E-state index contributed by atoms with van der Waals surface area (Å²) in [6.07, 6.45) is 1.57. The van der Waals surface area contributed by atoms with Crippen LogP contribution in [0.25, 0.3) is 0 Å². The van der Waals surface area contributed by atoms with Gasteiger partial charge in [-0.1, -0.05) is 0 Å². The zero-order valence-corrected chi connectivity index (χ0v) is 7.90. The van der Waals surface area contributed by atoms with E-state index in [0.29, 0.717) is 11.4 Å². The third-order valence-corrected chi connectivity index (χ3v) is 1.46. The molecule has 0 saturated heterocycles. The number of carbonyl (C=O) groups is 1. The second-order valence-corrected chi connectivity index (χ2v) is 2.30. The number of rotatable bonds is 1. The van der Waals surface area contributed by atoms with Gasteiger partial charge in [0.1, 0.15) is 0 Å². The molecule has 14 heavy (non-hydrogen) atoms. The average Bonchev–Trinajstić information content (AvgIpc) is 2.26. The van der Waals surface area contributed by atoms with Crippen molar-refractivity contribution in [3.8, 4) is 17.6 Å². The summed E-state index contributed by atoms with van der Waals surface area (Å²) in [5.41, 5.74) is 0.417. The molecule has 1 aromatic heterocycles.